The lowest BCUT2D eigenvalue weighted by molar-refractivity contribution is 0.100. The van der Waals surface area contributed by atoms with Gasteiger partial charge in [0.1, 0.15) is 11.5 Å². The number of aromatic nitrogens is 2. The number of hydrogen-bond donors (Lipinski definition) is 3. The van der Waals surface area contributed by atoms with Crippen LogP contribution in [-0.4, -0.2) is 26.7 Å². The van der Waals surface area contributed by atoms with E-state index >= 15 is 0 Å². The molecule has 0 bridgehead atoms. The maximum atomic E-state index is 11.9. The number of anilines is 1. The Morgan fingerprint density at radius 2 is 2.09 bits per heavy atom. The predicted molar refractivity (Wildman–Crippen MR) is 90.6 cm³/mol. The highest BCUT2D eigenvalue weighted by Crippen LogP contribution is 2.37. The number of aryl methyl sites for hydroxylation is 1. The van der Waals surface area contributed by atoms with E-state index in [1.54, 1.807) is 16.8 Å². The lowest BCUT2D eigenvalue weighted by Crippen LogP contribution is -2.24. The van der Waals surface area contributed by atoms with Crippen LogP contribution in [0.3, 0.4) is 0 Å². The Hall–Kier alpha value is -2.60. The van der Waals surface area contributed by atoms with Gasteiger partial charge in [0.05, 0.1) is 11.7 Å². The van der Waals surface area contributed by atoms with E-state index in [0.29, 0.717) is 11.0 Å². The molecule has 6 heteroatoms. The molecular weight excluding hydrogens is 292 g/mol. The van der Waals surface area contributed by atoms with E-state index in [-0.39, 0.29) is 17.3 Å². The zero-order valence-corrected chi connectivity index (χ0v) is 13.4. The number of aliphatic hydroxyl groups excluding tert-OH is 1. The number of nitrogens with zero attached hydrogens (tertiary/aromatic N) is 2. The Kier molecular flexibility index (Phi) is 3.49. The minimum atomic E-state index is -0.618. The Bertz CT molecular complexity index is 876. The van der Waals surface area contributed by atoms with Crippen LogP contribution in [0.5, 0.6) is 0 Å². The first-order chi connectivity index (χ1) is 10.8. The summed E-state index contributed by atoms with van der Waals surface area (Å²) in [5.41, 5.74) is 15.3. The summed E-state index contributed by atoms with van der Waals surface area (Å²) in [5, 5.41) is 10.8. The predicted octanol–water partition coefficient (Wildman–Crippen LogP) is 1.82. The minimum absolute atomic E-state index is 0.179. The molecule has 1 aliphatic carbocycles. The molecule has 0 saturated carbocycles. The first-order valence-corrected chi connectivity index (χ1v) is 7.46. The number of pyridine rings is 1. The monoisotopic (exact) mass is 312 g/mol. The summed E-state index contributed by atoms with van der Waals surface area (Å²) in [4.78, 5) is 16.3. The smallest absolute Gasteiger partial charge is 0.253 e. The van der Waals surface area contributed by atoms with Crippen LogP contribution in [-0.2, 0) is 0 Å². The van der Waals surface area contributed by atoms with Crippen LogP contribution in [0, 0.1) is 12.8 Å². The van der Waals surface area contributed by atoms with Gasteiger partial charge >= 0.3 is 0 Å². The third kappa shape index (κ3) is 2.22. The van der Waals surface area contributed by atoms with Crippen LogP contribution in [0.15, 0.2) is 30.0 Å². The molecule has 1 aliphatic rings. The van der Waals surface area contributed by atoms with Gasteiger partial charge in [0.15, 0.2) is 0 Å². The maximum absolute atomic E-state index is 11.9. The van der Waals surface area contributed by atoms with E-state index in [9.17, 15) is 9.90 Å². The van der Waals surface area contributed by atoms with Crippen LogP contribution in [0.25, 0.3) is 16.7 Å². The molecule has 5 N–H and O–H groups in total. The van der Waals surface area contributed by atoms with Crippen molar-refractivity contribution in [2.75, 3.05) is 5.73 Å². The van der Waals surface area contributed by atoms with Crippen molar-refractivity contribution in [2.45, 2.75) is 26.9 Å². The molecule has 120 valence electrons. The molecule has 2 aromatic rings. The van der Waals surface area contributed by atoms with Gasteiger partial charge in [-0.2, -0.15) is 0 Å². The molecule has 0 fully saturated rings. The number of aliphatic hydroxyl groups is 1. The third-order valence-corrected chi connectivity index (χ3v) is 4.36. The van der Waals surface area contributed by atoms with E-state index in [4.69, 9.17) is 11.5 Å². The SMILES string of the molecule is CC1=C(n2c(N)c(C(N)=O)c3cc(C)cnc32)C(C)C(O)C=C1. The van der Waals surface area contributed by atoms with Crippen molar-refractivity contribution in [3.8, 4) is 0 Å². The number of allylic oxidation sites excluding steroid dienone is 2. The molecule has 0 radical (unpaired) electrons. The van der Waals surface area contributed by atoms with Crippen molar-refractivity contribution in [3.05, 3.63) is 41.1 Å². The summed E-state index contributed by atoms with van der Waals surface area (Å²) < 4.78 is 1.74. The van der Waals surface area contributed by atoms with Gasteiger partial charge in [-0.3, -0.25) is 9.36 Å². The van der Waals surface area contributed by atoms with Gasteiger partial charge in [0, 0.05) is 23.2 Å². The zero-order valence-electron chi connectivity index (χ0n) is 13.4. The number of rotatable bonds is 2. The summed E-state index contributed by atoms with van der Waals surface area (Å²) >= 11 is 0. The number of fused-ring (bicyclic) bond motifs is 1. The Balaban J connectivity index is 2.41. The van der Waals surface area contributed by atoms with E-state index in [1.807, 2.05) is 32.9 Å². The normalized spacial score (nSPS) is 21.2. The van der Waals surface area contributed by atoms with Gasteiger partial charge < -0.3 is 16.6 Å². The maximum Gasteiger partial charge on any atom is 0.253 e. The van der Waals surface area contributed by atoms with Crippen molar-refractivity contribution < 1.29 is 9.90 Å². The second kappa shape index (κ2) is 5.24. The fourth-order valence-electron chi connectivity index (χ4n) is 3.19. The van der Waals surface area contributed by atoms with E-state index < -0.39 is 12.0 Å². The summed E-state index contributed by atoms with van der Waals surface area (Å²) in [6, 6.07) is 1.85. The average Bonchev–Trinajstić information content (AvgIpc) is 2.75. The lowest BCUT2D eigenvalue weighted by Gasteiger charge is -2.27. The molecule has 3 rings (SSSR count). The van der Waals surface area contributed by atoms with Crippen molar-refractivity contribution in [1.29, 1.82) is 0 Å². The summed E-state index contributed by atoms with van der Waals surface area (Å²) in [7, 11) is 0. The first-order valence-electron chi connectivity index (χ1n) is 7.46. The second-order valence-electron chi connectivity index (χ2n) is 6.05. The van der Waals surface area contributed by atoms with Gasteiger partial charge in [0.25, 0.3) is 5.91 Å². The molecule has 2 heterocycles. The minimum Gasteiger partial charge on any atom is -0.388 e. The molecule has 6 nitrogen and oxygen atoms in total. The number of primary amides is 1. The molecule has 1 amide bonds. The molecular formula is C17H20N4O2. The van der Waals surface area contributed by atoms with Crippen LogP contribution < -0.4 is 11.5 Å². The van der Waals surface area contributed by atoms with Crippen LogP contribution in [0.2, 0.25) is 0 Å². The third-order valence-electron chi connectivity index (χ3n) is 4.36. The average molecular weight is 312 g/mol. The van der Waals surface area contributed by atoms with Gasteiger partial charge in [-0.25, -0.2) is 4.98 Å². The van der Waals surface area contributed by atoms with Crippen LogP contribution in [0.4, 0.5) is 5.82 Å². The fraction of sp³-hybridized carbons (Fsp3) is 0.294. The molecule has 0 aliphatic heterocycles. The summed E-state index contributed by atoms with van der Waals surface area (Å²) in [5.74, 6) is -0.507. The molecule has 23 heavy (non-hydrogen) atoms. The zero-order chi connectivity index (χ0) is 16.9. The molecule has 2 atom stereocenters. The Morgan fingerprint density at radius 1 is 1.39 bits per heavy atom. The van der Waals surface area contributed by atoms with Crippen molar-refractivity contribution >= 4 is 28.5 Å². The topological polar surface area (TPSA) is 107 Å². The quantitative estimate of drug-likeness (QED) is 0.786. The standard InChI is InChI=1S/C17H20N4O2/c1-8-6-11-13(16(19)23)15(18)21(17(11)20-7-8)14-9(2)4-5-12(22)10(14)3/h4-7,10,12,22H,18H2,1-3H3,(H2,19,23). The first kappa shape index (κ1) is 15.3. The number of carbonyl (C=O) groups excluding carboxylic acids is 1. The Morgan fingerprint density at radius 3 is 2.74 bits per heavy atom. The molecule has 2 aromatic heterocycles. The largest absolute Gasteiger partial charge is 0.388 e. The molecule has 0 aromatic carbocycles. The Labute approximate surface area is 134 Å². The molecule has 0 spiro atoms. The fourth-order valence-corrected chi connectivity index (χ4v) is 3.19. The van der Waals surface area contributed by atoms with Gasteiger partial charge in [-0.1, -0.05) is 19.1 Å². The lowest BCUT2D eigenvalue weighted by atomic mass is 9.91. The van der Waals surface area contributed by atoms with E-state index in [0.717, 1.165) is 16.8 Å². The number of nitrogen functional groups attached to an aromatic ring is 1. The van der Waals surface area contributed by atoms with Gasteiger partial charge in [0.2, 0.25) is 0 Å². The molecule has 0 saturated heterocycles. The number of carbonyl (C=O) groups is 1. The van der Waals surface area contributed by atoms with Gasteiger partial charge in [-0.05, 0) is 31.1 Å². The second-order valence-corrected chi connectivity index (χ2v) is 6.05. The van der Waals surface area contributed by atoms with E-state index in [2.05, 4.69) is 4.98 Å². The van der Waals surface area contributed by atoms with Gasteiger partial charge in [-0.15, -0.1) is 0 Å². The highest BCUT2D eigenvalue weighted by atomic mass is 16.3. The van der Waals surface area contributed by atoms with Crippen molar-refractivity contribution in [2.24, 2.45) is 11.7 Å². The number of nitrogens with two attached hydrogens (primary N) is 2. The van der Waals surface area contributed by atoms with Crippen molar-refractivity contribution in [1.82, 2.24) is 9.55 Å². The summed E-state index contributed by atoms with van der Waals surface area (Å²) in [6.07, 6.45) is 4.70. The van der Waals surface area contributed by atoms with Crippen LogP contribution >= 0.6 is 0 Å². The number of amides is 1. The number of hydrogen-bond acceptors (Lipinski definition) is 4. The highest BCUT2D eigenvalue weighted by molar-refractivity contribution is 6.11. The highest BCUT2D eigenvalue weighted by Gasteiger charge is 2.29. The van der Waals surface area contributed by atoms with Crippen LogP contribution in [0.1, 0.15) is 29.8 Å². The summed E-state index contributed by atoms with van der Waals surface area (Å²) in [6.45, 7) is 5.75. The molecule has 2 unspecified atom stereocenters. The van der Waals surface area contributed by atoms with Crippen molar-refractivity contribution in [3.63, 3.8) is 0 Å². The van der Waals surface area contributed by atoms with E-state index in [1.165, 1.54) is 0 Å².